The van der Waals surface area contributed by atoms with Gasteiger partial charge in [-0.1, -0.05) is 48.0 Å². The van der Waals surface area contributed by atoms with Crippen LogP contribution in [0, 0.1) is 0 Å². The third kappa shape index (κ3) is 5.08. The van der Waals surface area contributed by atoms with Crippen LogP contribution in [0.1, 0.15) is 15.9 Å². The lowest BCUT2D eigenvalue weighted by molar-refractivity contribution is -0.123. The van der Waals surface area contributed by atoms with Crippen LogP contribution in [0.3, 0.4) is 0 Å². The number of amides is 2. The van der Waals surface area contributed by atoms with Crippen LogP contribution in [0.4, 0.5) is 0 Å². The summed E-state index contributed by atoms with van der Waals surface area (Å²) in [4.78, 5) is 24.1. The molecule has 2 rings (SSSR count). The normalized spacial score (nSPS) is 11.6. The van der Waals surface area contributed by atoms with Gasteiger partial charge in [0.05, 0.1) is 6.61 Å². The maximum absolute atomic E-state index is 12.1. The predicted molar refractivity (Wildman–Crippen MR) is 92.9 cm³/mol. The highest BCUT2D eigenvalue weighted by molar-refractivity contribution is 6.31. The van der Waals surface area contributed by atoms with Crippen LogP contribution in [0.5, 0.6) is 0 Å². The molecule has 0 bridgehead atoms. The zero-order chi connectivity index (χ0) is 17.4. The molecule has 2 aromatic carbocycles. The molecule has 126 valence electrons. The van der Waals surface area contributed by atoms with Crippen LogP contribution >= 0.6 is 11.6 Å². The number of carbonyl (C=O) groups excluding carboxylic acids is 2. The lowest BCUT2D eigenvalue weighted by Crippen LogP contribution is -2.49. The largest absolute Gasteiger partial charge is 0.394 e. The molecule has 2 aromatic rings. The Morgan fingerprint density at radius 2 is 1.71 bits per heavy atom. The molecule has 0 aliphatic heterocycles. The highest BCUT2D eigenvalue weighted by atomic mass is 35.5. The second-order valence-electron chi connectivity index (χ2n) is 5.21. The molecule has 0 fully saturated rings. The average Bonchev–Trinajstić information content (AvgIpc) is 2.61. The minimum Gasteiger partial charge on any atom is -0.394 e. The minimum absolute atomic E-state index is 0.361. The molecule has 1 atom stereocenters. The second-order valence-corrected chi connectivity index (χ2v) is 5.61. The zero-order valence-electron chi connectivity index (χ0n) is 13.0. The third-order valence-corrected chi connectivity index (χ3v) is 3.86. The highest BCUT2D eigenvalue weighted by Crippen LogP contribution is 2.14. The maximum atomic E-state index is 12.1. The average molecular weight is 347 g/mol. The van der Waals surface area contributed by atoms with Crippen molar-refractivity contribution in [3.05, 3.63) is 70.7 Å². The molecule has 0 aliphatic rings. The van der Waals surface area contributed by atoms with E-state index in [1.807, 2.05) is 18.2 Å². The molecular formula is C18H19ClN2O3. The molecule has 24 heavy (non-hydrogen) atoms. The Morgan fingerprint density at radius 3 is 2.38 bits per heavy atom. The van der Waals surface area contributed by atoms with Gasteiger partial charge in [0.15, 0.2) is 0 Å². The van der Waals surface area contributed by atoms with Crippen molar-refractivity contribution < 1.29 is 14.7 Å². The second kappa shape index (κ2) is 9.05. The van der Waals surface area contributed by atoms with E-state index < -0.39 is 24.5 Å². The van der Waals surface area contributed by atoms with Crippen molar-refractivity contribution >= 4 is 23.4 Å². The Kier molecular flexibility index (Phi) is 6.78. The quantitative estimate of drug-likeness (QED) is 0.715. The SMILES string of the molecule is O=C(NC(CO)C(=O)NCCc1ccccc1Cl)c1ccccc1. The molecule has 0 aliphatic carbocycles. The monoisotopic (exact) mass is 346 g/mol. The summed E-state index contributed by atoms with van der Waals surface area (Å²) in [5.41, 5.74) is 1.35. The Labute approximate surface area is 145 Å². The van der Waals surface area contributed by atoms with Crippen LogP contribution < -0.4 is 10.6 Å². The summed E-state index contributed by atoms with van der Waals surface area (Å²) >= 11 is 6.06. The summed E-state index contributed by atoms with van der Waals surface area (Å²) in [7, 11) is 0. The van der Waals surface area contributed by atoms with E-state index in [0.29, 0.717) is 23.6 Å². The Morgan fingerprint density at radius 1 is 1.04 bits per heavy atom. The standard InChI is InChI=1S/C18H19ClN2O3/c19-15-9-5-4-6-13(15)10-11-20-18(24)16(12-22)21-17(23)14-7-2-1-3-8-14/h1-9,16,22H,10-12H2,(H,20,24)(H,21,23). The summed E-state index contributed by atoms with van der Waals surface area (Å²) in [5.74, 6) is -0.843. The molecule has 1 unspecified atom stereocenters. The van der Waals surface area contributed by atoms with E-state index in [9.17, 15) is 14.7 Å². The summed E-state index contributed by atoms with van der Waals surface area (Å²) in [6, 6.07) is 14.9. The van der Waals surface area contributed by atoms with E-state index in [1.165, 1.54) is 0 Å². The Bertz CT molecular complexity index is 692. The van der Waals surface area contributed by atoms with Crippen molar-refractivity contribution in [1.29, 1.82) is 0 Å². The van der Waals surface area contributed by atoms with Crippen LogP contribution in [-0.2, 0) is 11.2 Å². The molecule has 0 heterocycles. The van der Waals surface area contributed by atoms with Crippen molar-refractivity contribution in [3.63, 3.8) is 0 Å². The van der Waals surface area contributed by atoms with Gasteiger partial charge in [0, 0.05) is 17.1 Å². The van der Waals surface area contributed by atoms with Gasteiger partial charge < -0.3 is 15.7 Å². The summed E-state index contributed by atoms with van der Waals surface area (Å²) in [6.07, 6.45) is 0.566. The molecule has 3 N–H and O–H groups in total. The molecule has 0 saturated heterocycles. The molecule has 2 amide bonds. The summed E-state index contributed by atoms with van der Waals surface area (Å²) in [5, 5.41) is 15.2. The third-order valence-electron chi connectivity index (χ3n) is 3.49. The molecule has 5 nitrogen and oxygen atoms in total. The molecule has 0 radical (unpaired) electrons. The fraction of sp³-hybridized carbons (Fsp3) is 0.222. The first kappa shape index (κ1) is 18.0. The number of hydrogen-bond donors (Lipinski definition) is 3. The van der Waals surface area contributed by atoms with E-state index >= 15 is 0 Å². The van der Waals surface area contributed by atoms with Crippen molar-refractivity contribution in [2.24, 2.45) is 0 Å². The molecule has 0 spiro atoms. The molecule has 6 heteroatoms. The number of aliphatic hydroxyl groups excluding tert-OH is 1. The van der Waals surface area contributed by atoms with Gasteiger partial charge in [-0.05, 0) is 30.2 Å². The lowest BCUT2D eigenvalue weighted by Gasteiger charge is -2.16. The van der Waals surface area contributed by atoms with Crippen LogP contribution in [0.15, 0.2) is 54.6 Å². The van der Waals surface area contributed by atoms with E-state index in [1.54, 1.807) is 36.4 Å². The van der Waals surface area contributed by atoms with Crippen LogP contribution in [-0.4, -0.2) is 36.1 Å². The van der Waals surface area contributed by atoms with Crippen molar-refractivity contribution in [2.75, 3.05) is 13.2 Å². The fourth-order valence-corrected chi connectivity index (χ4v) is 2.40. The number of aliphatic hydroxyl groups is 1. The predicted octanol–water partition coefficient (Wildman–Crippen LogP) is 1.79. The summed E-state index contributed by atoms with van der Waals surface area (Å²) < 4.78 is 0. The van der Waals surface area contributed by atoms with E-state index in [2.05, 4.69) is 10.6 Å². The topological polar surface area (TPSA) is 78.4 Å². The number of rotatable bonds is 7. The number of hydrogen-bond acceptors (Lipinski definition) is 3. The van der Waals surface area contributed by atoms with Crippen LogP contribution in [0.25, 0.3) is 0 Å². The van der Waals surface area contributed by atoms with E-state index in [0.717, 1.165) is 5.56 Å². The Balaban J connectivity index is 1.85. The van der Waals surface area contributed by atoms with Gasteiger partial charge in [-0.15, -0.1) is 0 Å². The van der Waals surface area contributed by atoms with Gasteiger partial charge in [-0.25, -0.2) is 0 Å². The van der Waals surface area contributed by atoms with E-state index in [-0.39, 0.29) is 0 Å². The van der Waals surface area contributed by atoms with Crippen molar-refractivity contribution in [1.82, 2.24) is 10.6 Å². The molecular weight excluding hydrogens is 328 g/mol. The van der Waals surface area contributed by atoms with Gasteiger partial charge in [-0.3, -0.25) is 9.59 Å². The van der Waals surface area contributed by atoms with Gasteiger partial charge >= 0.3 is 0 Å². The first-order valence-corrected chi connectivity index (χ1v) is 7.97. The maximum Gasteiger partial charge on any atom is 0.251 e. The van der Waals surface area contributed by atoms with Crippen molar-refractivity contribution in [2.45, 2.75) is 12.5 Å². The molecule has 0 saturated carbocycles. The van der Waals surface area contributed by atoms with Gasteiger partial charge in [-0.2, -0.15) is 0 Å². The first-order valence-electron chi connectivity index (χ1n) is 7.59. The first-order chi connectivity index (χ1) is 11.6. The number of nitrogens with one attached hydrogen (secondary N) is 2. The Hall–Kier alpha value is -2.37. The van der Waals surface area contributed by atoms with Gasteiger partial charge in [0.25, 0.3) is 5.91 Å². The number of carbonyl (C=O) groups is 2. The van der Waals surface area contributed by atoms with Crippen molar-refractivity contribution in [3.8, 4) is 0 Å². The van der Waals surface area contributed by atoms with Gasteiger partial charge in [0.1, 0.15) is 6.04 Å². The highest BCUT2D eigenvalue weighted by Gasteiger charge is 2.20. The lowest BCUT2D eigenvalue weighted by atomic mass is 10.1. The summed E-state index contributed by atoms with van der Waals surface area (Å²) in [6.45, 7) is -0.114. The smallest absolute Gasteiger partial charge is 0.251 e. The zero-order valence-corrected chi connectivity index (χ0v) is 13.8. The van der Waals surface area contributed by atoms with E-state index in [4.69, 9.17) is 11.6 Å². The fourth-order valence-electron chi connectivity index (χ4n) is 2.17. The number of benzene rings is 2. The molecule has 0 aromatic heterocycles. The number of halogens is 1. The van der Waals surface area contributed by atoms with Gasteiger partial charge in [0.2, 0.25) is 5.91 Å². The van der Waals surface area contributed by atoms with Crippen LogP contribution in [0.2, 0.25) is 5.02 Å². The minimum atomic E-state index is -0.996.